The number of nitrogens with zero attached hydrogens (tertiary/aromatic N) is 1. The van der Waals surface area contributed by atoms with E-state index in [9.17, 15) is 12.8 Å². The number of aromatic amines is 1. The number of imidazole rings is 1. The van der Waals surface area contributed by atoms with Crippen LogP contribution in [0.15, 0.2) is 23.2 Å². The zero-order valence-electron chi connectivity index (χ0n) is 16.0. The van der Waals surface area contributed by atoms with Crippen LogP contribution < -0.4 is 0 Å². The summed E-state index contributed by atoms with van der Waals surface area (Å²) >= 11 is 5.99. The molecule has 1 spiro atoms. The van der Waals surface area contributed by atoms with E-state index in [-0.39, 0.29) is 16.2 Å². The highest BCUT2D eigenvalue weighted by atomic mass is 35.5. The van der Waals surface area contributed by atoms with Crippen LogP contribution in [-0.2, 0) is 14.6 Å². The molecule has 1 unspecified atom stereocenters. The minimum Gasteiger partial charge on any atom is -0.362 e. The summed E-state index contributed by atoms with van der Waals surface area (Å²) in [5, 5.41) is 0.00294. The van der Waals surface area contributed by atoms with Gasteiger partial charge >= 0.3 is 0 Å². The van der Waals surface area contributed by atoms with Gasteiger partial charge < -0.3 is 9.72 Å². The van der Waals surface area contributed by atoms with Gasteiger partial charge in [-0.25, -0.2) is 17.8 Å². The first kappa shape index (κ1) is 19.9. The number of hydrogen-bond donors (Lipinski definition) is 1. The molecule has 1 aromatic carbocycles. The Morgan fingerprint density at radius 2 is 1.96 bits per heavy atom. The van der Waals surface area contributed by atoms with Gasteiger partial charge in [0.2, 0.25) is 0 Å². The molecule has 0 amide bonds. The Morgan fingerprint density at radius 1 is 1.29 bits per heavy atom. The van der Waals surface area contributed by atoms with E-state index in [1.807, 2.05) is 0 Å². The number of sulfone groups is 1. The van der Waals surface area contributed by atoms with E-state index in [0.717, 1.165) is 31.9 Å². The molecule has 1 atom stereocenters. The number of benzene rings is 1. The molecule has 1 N–H and O–H groups in total. The predicted octanol–water partition coefficient (Wildman–Crippen LogP) is 4.74. The number of aryl methyl sites for hydroxylation is 1. The average Bonchev–Trinajstić information content (AvgIpc) is 3.26. The maximum atomic E-state index is 13.7. The van der Waals surface area contributed by atoms with Crippen molar-refractivity contribution in [2.24, 2.45) is 5.41 Å². The van der Waals surface area contributed by atoms with Crippen LogP contribution in [0, 0.1) is 18.2 Å². The molecule has 2 fully saturated rings. The van der Waals surface area contributed by atoms with Gasteiger partial charge in [-0.15, -0.1) is 0 Å². The van der Waals surface area contributed by atoms with Crippen molar-refractivity contribution in [1.29, 1.82) is 0 Å². The summed E-state index contributed by atoms with van der Waals surface area (Å²) in [6, 6.07) is 4.42. The lowest BCUT2D eigenvalue weighted by atomic mass is 9.84. The van der Waals surface area contributed by atoms with Gasteiger partial charge in [0, 0.05) is 6.26 Å². The van der Waals surface area contributed by atoms with Gasteiger partial charge in [0.1, 0.15) is 17.7 Å². The minimum absolute atomic E-state index is 0.00158. The van der Waals surface area contributed by atoms with Crippen LogP contribution >= 0.6 is 11.6 Å². The molecule has 0 aliphatic heterocycles. The van der Waals surface area contributed by atoms with Crippen LogP contribution in [0.1, 0.15) is 61.7 Å². The van der Waals surface area contributed by atoms with E-state index in [2.05, 4.69) is 9.97 Å². The topological polar surface area (TPSA) is 72.0 Å². The summed E-state index contributed by atoms with van der Waals surface area (Å²) in [5.74, 6) is -0.114. The van der Waals surface area contributed by atoms with E-state index < -0.39 is 21.8 Å². The quantitative estimate of drug-likeness (QED) is 0.749. The second-order valence-corrected chi connectivity index (χ2v) is 10.6. The zero-order valence-corrected chi connectivity index (χ0v) is 17.5. The highest BCUT2D eigenvalue weighted by Gasteiger charge is 2.45. The molecular weight excluding hydrogens is 403 g/mol. The van der Waals surface area contributed by atoms with Crippen LogP contribution in [0.3, 0.4) is 0 Å². The Balaban J connectivity index is 1.66. The third-order valence-corrected chi connectivity index (χ3v) is 7.37. The fraction of sp³-hybridized carbons (Fsp3) is 0.550. The van der Waals surface area contributed by atoms with Crippen molar-refractivity contribution in [3.05, 3.63) is 46.1 Å². The first-order chi connectivity index (χ1) is 13.2. The van der Waals surface area contributed by atoms with Crippen molar-refractivity contribution in [2.75, 3.05) is 6.26 Å². The fourth-order valence-electron chi connectivity index (χ4n) is 4.14. The van der Waals surface area contributed by atoms with Crippen molar-refractivity contribution >= 4 is 21.4 Å². The third-order valence-electron chi connectivity index (χ3n) is 5.98. The van der Waals surface area contributed by atoms with E-state index >= 15 is 0 Å². The molecule has 5 nitrogen and oxygen atoms in total. The maximum Gasteiger partial charge on any atom is 0.194 e. The predicted molar refractivity (Wildman–Crippen MR) is 105 cm³/mol. The van der Waals surface area contributed by atoms with Gasteiger partial charge in [0.25, 0.3) is 0 Å². The molecular formula is C20H24ClFN2O3S. The molecule has 1 heterocycles. The monoisotopic (exact) mass is 426 g/mol. The number of H-pyrrole nitrogens is 1. The van der Waals surface area contributed by atoms with Gasteiger partial charge in [0.05, 0.1) is 16.8 Å². The smallest absolute Gasteiger partial charge is 0.194 e. The largest absolute Gasteiger partial charge is 0.362 e. The van der Waals surface area contributed by atoms with Crippen LogP contribution in [0.2, 0.25) is 5.02 Å². The van der Waals surface area contributed by atoms with Gasteiger partial charge in [-0.1, -0.05) is 17.7 Å². The SMILES string of the molecule is Cc1[nH]c(C(OC2CCC3(CC2)CC3)c2ccc(F)c(Cl)c2)nc1S(C)(=O)=O. The number of aromatic nitrogens is 2. The second kappa shape index (κ2) is 7.11. The standard InChI is InChI=1S/C20H24ClFN2O3S/c1-12-19(28(2,25)26)24-18(23-12)17(13-3-4-16(22)15(21)11-13)27-14-5-7-20(8-6-14)9-10-20/h3-4,11,14,17H,5-10H2,1-2H3,(H,23,24). The lowest BCUT2D eigenvalue weighted by Crippen LogP contribution is -2.25. The summed E-state index contributed by atoms with van der Waals surface area (Å²) in [5.41, 5.74) is 1.64. The molecule has 8 heteroatoms. The Bertz CT molecular complexity index is 991. The van der Waals surface area contributed by atoms with Gasteiger partial charge in [-0.2, -0.15) is 0 Å². The molecule has 0 radical (unpaired) electrons. The molecule has 2 saturated carbocycles. The summed E-state index contributed by atoms with van der Waals surface area (Å²) in [6.07, 6.45) is 7.39. The molecule has 0 bridgehead atoms. The molecule has 152 valence electrons. The van der Waals surface area contributed by atoms with E-state index in [1.54, 1.807) is 13.0 Å². The Labute approximate surface area is 169 Å². The summed E-state index contributed by atoms with van der Waals surface area (Å²) < 4.78 is 44.1. The summed E-state index contributed by atoms with van der Waals surface area (Å²) in [6.45, 7) is 1.67. The second-order valence-electron chi connectivity index (χ2n) is 8.21. The number of ether oxygens (including phenoxy) is 1. The number of halogens is 2. The molecule has 0 saturated heterocycles. The van der Waals surface area contributed by atoms with E-state index in [0.29, 0.717) is 22.5 Å². The fourth-order valence-corrected chi connectivity index (χ4v) is 5.20. The summed E-state index contributed by atoms with van der Waals surface area (Å²) in [4.78, 5) is 7.36. The van der Waals surface area contributed by atoms with Gasteiger partial charge in [-0.05, 0) is 68.6 Å². The van der Waals surface area contributed by atoms with Crippen LogP contribution in [-0.4, -0.2) is 30.7 Å². The number of rotatable bonds is 5. The maximum absolute atomic E-state index is 13.7. The van der Waals surface area contributed by atoms with Crippen molar-refractivity contribution in [3.8, 4) is 0 Å². The van der Waals surface area contributed by atoms with Crippen LogP contribution in [0.5, 0.6) is 0 Å². The Hall–Kier alpha value is -1.44. The lowest BCUT2D eigenvalue weighted by Gasteiger charge is -2.31. The van der Waals surface area contributed by atoms with Crippen molar-refractivity contribution < 1.29 is 17.5 Å². The van der Waals surface area contributed by atoms with E-state index in [1.165, 1.54) is 25.0 Å². The molecule has 2 aliphatic carbocycles. The lowest BCUT2D eigenvalue weighted by molar-refractivity contribution is -0.0257. The van der Waals surface area contributed by atoms with Crippen molar-refractivity contribution in [2.45, 2.75) is 62.7 Å². The molecule has 2 aromatic rings. The average molecular weight is 427 g/mol. The first-order valence-corrected chi connectivity index (χ1v) is 11.8. The molecule has 4 rings (SSSR count). The number of nitrogens with one attached hydrogen (secondary N) is 1. The van der Waals surface area contributed by atoms with Gasteiger partial charge in [0.15, 0.2) is 14.9 Å². The number of hydrogen-bond acceptors (Lipinski definition) is 4. The van der Waals surface area contributed by atoms with Crippen LogP contribution in [0.4, 0.5) is 4.39 Å². The highest BCUT2D eigenvalue weighted by Crippen LogP contribution is 2.56. The van der Waals surface area contributed by atoms with Crippen molar-refractivity contribution in [1.82, 2.24) is 9.97 Å². The van der Waals surface area contributed by atoms with Gasteiger partial charge in [-0.3, -0.25) is 0 Å². The normalized spacial score (nSPS) is 20.4. The highest BCUT2D eigenvalue weighted by molar-refractivity contribution is 7.90. The van der Waals surface area contributed by atoms with Crippen LogP contribution in [0.25, 0.3) is 0 Å². The summed E-state index contributed by atoms with van der Waals surface area (Å²) in [7, 11) is -3.47. The molecule has 28 heavy (non-hydrogen) atoms. The van der Waals surface area contributed by atoms with E-state index in [4.69, 9.17) is 16.3 Å². The third kappa shape index (κ3) is 3.98. The molecule has 2 aliphatic rings. The first-order valence-electron chi connectivity index (χ1n) is 9.54. The Kier molecular flexibility index (Phi) is 5.04. The van der Waals surface area contributed by atoms with Crippen molar-refractivity contribution in [3.63, 3.8) is 0 Å². The minimum atomic E-state index is -3.47. The zero-order chi connectivity index (χ0) is 20.1. The Morgan fingerprint density at radius 3 is 2.50 bits per heavy atom. The molecule has 1 aromatic heterocycles.